The van der Waals surface area contributed by atoms with E-state index in [0.717, 1.165) is 10.7 Å². The molecule has 2 aromatic rings. The maximum Gasteiger partial charge on any atom is 0.233 e. The number of carbonyl (C=O) groups is 1. The summed E-state index contributed by atoms with van der Waals surface area (Å²) >= 11 is 1.46. The van der Waals surface area contributed by atoms with Gasteiger partial charge in [0.2, 0.25) is 5.91 Å². The van der Waals surface area contributed by atoms with Gasteiger partial charge in [-0.2, -0.15) is 0 Å². The number of thioether (sulfide) groups is 1. The van der Waals surface area contributed by atoms with Crippen LogP contribution in [0.1, 0.15) is 32.5 Å². The van der Waals surface area contributed by atoms with Crippen molar-refractivity contribution in [1.29, 1.82) is 0 Å². The summed E-state index contributed by atoms with van der Waals surface area (Å²) in [7, 11) is 0. The van der Waals surface area contributed by atoms with Gasteiger partial charge in [-0.1, -0.05) is 37.7 Å². The van der Waals surface area contributed by atoms with E-state index in [0.29, 0.717) is 0 Å². The second-order valence-electron chi connectivity index (χ2n) is 5.41. The van der Waals surface area contributed by atoms with Crippen LogP contribution in [0.2, 0.25) is 0 Å². The fourth-order valence-electron chi connectivity index (χ4n) is 2.06. The summed E-state index contributed by atoms with van der Waals surface area (Å²) in [6, 6.07) is 11.4. The molecule has 0 fully saturated rings. The molecule has 2 atom stereocenters. The van der Waals surface area contributed by atoms with Crippen molar-refractivity contribution in [2.45, 2.75) is 37.1 Å². The van der Waals surface area contributed by atoms with E-state index in [4.69, 9.17) is 0 Å². The third kappa shape index (κ3) is 4.56. The predicted octanol–water partition coefficient (Wildman–Crippen LogP) is 3.47. The molecule has 0 aliphatic rings. The number of amides is 1. The Morgan fingerprint density at radius 1 is 1.05 bits per heavy atom. The summed E-state index contributed by atoms with van der Waals surface area (Å²) in [5, 5.41) is 3.75. The lowest BCUT2D eigenvalue weighted by Gasteiger charge is -2.23. The number of aromatic nitrogens is 2. The van der Waals surface area contributed by atoms with Gasteiger partial charge in [-0.3, -0.25) is 9.78 Å². The van der Waals surface area contributed by atoms with Crippen molar-refractivity contribution in [3.63, 3.8) is 0 Å². The van der Waals surface area contributed by atoms with Gasteiger partial charge in [0.05, 0.1) is 22.0 Å². The first-order valence-corrected chi connectivity index (χ1v) is 8.25. The van der Waals surface area contributed by atoms with Crippen molar-refractivity contribution in [2.24, 2.45) is 5.92 Å². The molecule has 0 saturated heterocycles. The largest absolute Gasteiger partial charge is 0.347 e. The molecule has 0 aliphatic heterocycles. The van der Waals surface area contributed by atoms with Crippen molar-refractivity contribution in [3.8, 4) is 0 Å². The van der Waals surface area contributed by atoms with Crippen molar-refractivity contribution >= 4 is 17.7 Å². The van der Waals surface area contributed by atoms with Gasteiger partial charge in [-0.15, -0.1) is 0 Å². The monoisotopic (exact) mass is 315 g/mol. The molecule has 2 heterocycles. The normalized spacial score (nSPS) is 13.6. The van der Waals surface area contributed by atoms with E-state index in [9.17, 15) is 4.79 Å². The highest BCUT2D eigenvalue weighted by atomic mass is 32.2. The number of hydrogen-bond donors (Lipinski definition) is 1. The molecule has 116 valence electrons. The Bertz CT molecular complexity index is 589. The maximum atomic E-state index is 12.4. The van der Waals surface area contributed by atoms with E-state index < -0.39 is 0 Å². The summed E-state index contributed by atoms with van der Waals surface area (Å²) < 4.78 is 0. The molecule has 2 rings (SSSR count). The summed E-state index contributed by atoms with van der Waals surface area (Å²) in [4.78, 5) is 21.1. The minimum atomic E-state index is -0.208. The molecular formula is C17H21N3OS. The van der Waals surface area contributed by atoms with Crippen LogP contribution in [0.5, 0.6) is 0 Å². The van der Waals surface area contributed by atoms with Crippen molar-refractivity contribution in [1.82, 2.24) is 15.3 Å². The Labute approximate surface area is 135 Å². The lowest BCUT2D eigenvalue weighted by Crippen LogP contribution is -2.37. The highest BCUT2D eigenvalue weighted by Crippen LogP contribution is 2.24. The molecule has 0 unspecified atom stereocenters. The Morgan fingerprint density at radius 3 is 2.27 bits per heavy atom. The van der Waals surface area contributed by atoms with Crippen molar-refractivity contribution in [3.05, 3.63) is 54.5 Å². The van der Waals surface area contributed by atoms with E-state index in [1.807, 2.05) is 43.3 Å². The van der Waals surface area contributed by atoms with E-state index in [2.05, 4.69) is 29.1 Å². The second-order valence-corrected chi connectivity index (χ2v) is 6.77. The molecule has 0 spiro atoms. The Morgan fingerprint density at radius 2 is 1.73 bits per heavy atom. The van der Waals surface area contributed by atoms with Crippen molar-refractivity contribution < 1.29 is 4.79 Å². The van der Waals surface area contributed by atoms with Gasteiger partial charge < -0.3 is 5.32 Å². The lowest BCUT2D eigenvalue weighted by molar-refractivity contribution is -0.121. The molecule has 0 bridgehead atoms. The minimum Gasteiger partial charge on any atom is -0.347 e. The summed E-state index contributed by atoms with van der Waals surface area (Å²) in [5.41, 5.74) is 0.890. The molecular weight excluding hydrogens is 294 g/mol. The van der Waals surface area contributed by atoms with Gasteiger partial charge in [0.15, 0.2) is 0 Å². The number of nitrogens with zero attached hydrogens (tertiary/aromatic N) is 2. The van der Waals surface area contributed by atoms with E-state index in [1.54, 1.807) is 12.4 Å². The van der Waals surface area contributed by atoms with Crippen LogP contribution in [0.3, 0.4) is 0 Å². The minimum absolute atomic E-state index is 0.00000567. The molecule has 1 N–H and O–H groups in total. The molecule has 0 radical (unpaired) electrons. The van der Waals surface area contributed by atoms with Crippen LogP contribution in [0.15, 0.2) is 53.8 Å². The van der Waals surface area contributed by atoms with Crippen LogP contribution in [0.25, 0.3) is 0 Å². The summed E-state index contributed by atoms with van der Waals surface area (Å²) in [6.07, 6.45) is 3.49. The molecule has 4 nitrogen and oxygen atoms in total. The van der Waals surface area contributed by atoms with Crippen LogP contribution >= 0.6 is 11.8 Å². The molecule has 0 aromatic carbocycles. The number of nitrogens with one attached hydrogen (secondary N) is 1. The Balaban J connectivity index is 2.02. The number of pyridine rings is 2. The topological polar surface area (TPSA) is 54.9 Å². The van der Waals surface area contributed by atoms with E-state index in [-0.39, 0.29) is 23.1 Å². The zero-order valence-corrected chi connectivity index (χ0v) is 13.9. The zero-order chi connectivity index (χ0) is 15.9. The summed E-state index contributed by atoms with van der Waals surface area (Å²) in [5.74, 6) is 0.269. The number of carbonyl (C=O) groups excluding carboxylic acids is 1. The smallest absolute Gasteiger partial charge is 0.233 e. The van der Waals surface area contributed by atoms with Gasteiger partial charge >= 0.3 is 0 Å². The highest BCUT2D eigenvalue weighted by molar-refractivity contribution is 8.00. The first-order valence-electron chi connectivity index (χ1n) is 7.37. The molecule has 0 aliphatic carbocycles. The number of hydrogen-bond acceptors (Lipinski definition) is 4. The third-order valence-electron chi connectivity index (χ3n) is 3.28. The average Bonchev–Trinajstić information content (AvgIpc) is 2.53. The maximum absolute atomic E-state index is 12.4. The van der Waals surface area contributed by atoms with Crippen molar-refractivity contribution in [2.75, 3.05) is 0 Å². The van der Waals surface area contributed by atoms with Gasteiger partial charge in [0, 0.05) is 12.4 Å². The number of rotatable bonds is 6. The predicted molar refractivity (Wildman–Crippen MR) is 89.5 cm³/mol. The molecule has 5 heteroatoms. The second kappa shape index (κ2) is 7.94. The van der Waals surface area contributed by atoms with E-state index >= 15 is 0 Å². The van der Waals surface area contributed by atoms with Crippen LogP contribution in [-0.2, 0) is 4.79 Å². The average molecular weight is 315 g/mol. The highest BCUT2D eigenvalue weighted by Gasteiger charge is 2.23. The standard InChI is InChI=1S/C17H21N3OS/c1-12(2)16(14-8-4-6-10-18-14)20-17(21)13(3)22-15-9-5-7-11-19-15/h4-13,16H,1-3H3,(H,20,21)/t13-,16-/m0/s1. The summed E-state index contributed by atoms with van der Waals surface area (Å²) in [6.45, 7) is 6.05. The van der Waals surface area contributed by atoms with Crippen LogP contribution in [0, 0.1) is 5.92 Å². The molecule has 1 amide bonds. The quantitative estimate of drug-likeness (QED) is 0.829. The fourth-order valence-corrected chi connectivity index (χ4v) is 2.88. The molecule has 2 aromatic heterocycles. The van der Waals surface area contributed by atoms with Gasteiger partial charge in [0.25, 0.3) is 0 Å². The van der Waals surface area contributed by atoms with Crippen LogP contribution in [0.4, 0.5) is 0 Å². The van der Waals surface area contributed by atoms with Crippen LogP contribution in [-0.4, -0.2) is 21.1 Å². The Kier molecular flexibility index (Phi) is 5.95. The lowest BCUT2D eigenvalue weighted by atomic mass is 10.00. The SMILES string of the molecule is CC(C)[C@H](NC(=O)[C@H](C)Sc1ccccn1)c1ccccn1. The van der Waals surface area contributed by atoms with Crippen LogP contribution < -0.4 is 5.32 Å². The molecule has 0 saturated carbocycles. The zero-order valence-electron chi connectivity index (χ0n) is 13.1. The van der Waals surface area contributed by atoms with Gasteiger partial charge in [-0.05, 0) is 37.1 Å². The first-order chi connectivity index (χ1) is 10.6. The van der Waals surface area contributed by atoms with Gasteiger partial charge in [-0.25, -0.2) is 4.98 Å². The Hall–Kier alpha value is -1.88. The van der Waals surface area contributed by atoms with Gasteiger partial charge in [0.1, 0.15) is 0 Å². The third-order valence-corrected chi connectivity index (χ3v) is 4.33. The fraction of sp³-hybridized carbons (Fsp3) is 0.353. The molecule has 22 heavy (non-hydrogen) atoms. The first kappa shape index (κ1) is 16.5. The van der Waals surface area contributed by atoms with E-state index in [1.165, 1.54) is 11.8 Å².